The lowest BCUT2D eigenvalue weighted by Gasteiger charge is -2.11. The van der Waals surface area contributed by atoms with Gasteiger partial charge in [-0.2, -0.15) is 0 Å². The number of aromatic nitrogens is 3. The Morgan fingerprint density at radius 2 is 0.840 bits per heavy atom. The zero-order valence-electron chi connectivity index (χ0n) is 27.2. The fraction of sp³-hybridized carbons (Fsp3) is 0. The van der Waals surface area contributed by atoms with Gasteiger partial charge in [-0.3, -0.25) is 0 Å². The highest BCUT2D eigenvalue weighted by Crippen LogP contribution is 2.37. The zero-order valence-corrected chi connectivity index (χ0v) is 27.2. The summed E-state index contributed by atoms with van der Waals surface area (Å²) in [6.45, 7) is 0. The van der Waals surface area contributed by atoms with Crippen LogP contribution in [-0.4, -0.2) is 14.1 Å². The molecule has 0 bridgehead atoms. The van der Waals surface area contributed by atoms with Gasteiger partial charge in [0, 0.05) is 33.1 Å². The molecule has 0 spiro atoms. The summed E-state index contributed by atoms with van der Waals surface area (Å²) in [4.78, 5) is 5.35. The second-order valence-corrected chi connectivity index (χ2v) is 12.8. The van der Waals surface area contributed by atoms with Crippen LogP contribution in [-0.2, 0) is 0 Å². The number of benzene rings is 7. The first-order valence-corrected chi connectivity index (χ1v) is 17.1. The van der Waals surface area contributed by atoms with E-state index in [9.17, 15) is 0 Å². The van der Waals surface area contributed by atoms with Crippen LogP contribution in [0, 0.1) is 0 Å². The molecule has 3 heterocycles. The molecule has 0 aliphatic carbocycles. The molecule has 3 heteroatoms. The summed E-state index contributed by atoms with van der Waals surface area (Å²) in [6, 6.07) is 67.2. The third-order valence-electron chi connectivity index (χ3n) is 9.93. The van der Waals surface area contributed by atoms with Crippen LogP contribution in [0.2, 0.25) is 0 Å². The molecule has 0 atom stereocenters. The number of nitrogens with zero attached hydrogens (tertiary/aromatic N) is 3. The topological polar surface area (TPSA) is 22.8 Å². The van der Waals surface area contributed by atoms with E-state index in [1.54, 1.807) is 0 Å². The van der Waals surface area contributed by atoms with Gasteiger partial charge >= 0.3 is 0 Å². The SMILES string of the molecule is c1ccc(-c2ccc(-n3c4ccccc4c4nc(-c5ccc6c(c5)c5ccccc5n6-c5cccc(-c6ccccc6)c5)ccc43)cc2)cc1. The van der Waals surface area contributed by atoms with Crippen LogP contribution in [0.3, 0.4) is 0 Å². The van der Waals surface area contributed by atoms with Gasteiger partial charge in [0.1, 0.15) is 0 Å². The Labute approximate surface area is 290 Å². The quantitative estimate of drug-likeness (QED) is 0.184. The van der Waals surface area contributed by atoms with Crippen molar-refractivity contribution in [2.24, 2.45) is 0 Å². The minimum atomic E-state index is 0.963. The molecule has 10 aromatic rings. The summed E-state index contributed by atoms with van der Waals surface area (Å²) in [5, 5.41) is 3.59. The van der Waals surface area contributed by atoms with E-state index in [0.29, 0.717) is 0 Å². The zero-order chi connectivity index (χ0) is 33.0. The average molecular weight is 638 g/mol. The van der Waals surface area contributed by atoms with Gasteiger partial charge in [0.2, 0.25) is 0 Å². The first kappa shape index (κ1) is 28.3. The lowest BCUT2D eigenvalue weighted by Crippen LogP contribution is -1.95. The molecule has 0 fully saturated rings. The molecule has 0 saturated heterocycles. The van der Waals surface area contributed by atoms with E-state index in [1.165, 1.54) is 44.1 Å². The number of rotatable bonds is 5. The molecule has 0 aliphatic heterocycles. The maximum absolute atomic E-state index is 5.35. The van der Waals surface area contributed by atoms with Gasteiger partial charge in [-0.25, -0.2) is 4.98 Å². The molecule has 0 unspecified atom stereocenters. The summed E-state index contributed by atoms with van der Waals surface area (Å²) in [5.41, 5.74) is 14.8. The van der Waals surface area contributed by atoms with Crippen molar-refractivity contribution in [2.45, 2.75) is 0 Å². The van der Waals surface area contributed by atoms with Gasteiger partial charge in [0.05, 0.1) is 33.3 Å². The lowest BCUT2D eigenvalue weighted by molar-refractivity contribution is 1.18. The van der Waals surface area contributed by atoms with Crippen LogP contribution in [0.5, 0.6) is 0 Å². The molecular weight excluding hydrogens is 607 g/mol. The van der Waals surface area contributed by atoms with E-state index in [4.69, 9.17) is 4.98 Å². The first-order valence-electron chi connectivity index (χ1n) is 17.1. The minimum Gasteiger partial charge on any atom is -0.309 e. The van der Waals surface area contributed by atoms with Gasteiger partial charge in [-0.15, -0.1) is 0 Å². The molecule has 7 aromatic carbocycles. The van der Waals surface area contributed by atoms with Crippen molar-refractivity contribution in [1.29, 1.82) is 0 Å². The number of hydrogen-bond acceptors (Lipinski definition) is 1. The van der Waals surface area contributed by atoms with E-state index >= 15 is 0 Å². The van der Waals surface area contributed by atoms with E-state index < -0.39 is 0 Å². The molecule has 0 N–H and O–H groups in total. The third-order valence-corrected chi connectivity index (χ3v) is 9.93. The van der Waals surface area contributed by atoms with Crippen molar-refractivity contribution in [2.75, 3.05) is 0 Å². The van der Waals surface area contributed by atoms with Gasteiger partial charge < -0.3 is 9.13 Å². The van der Waals surface area contributed by atoms with Crippen LogP contribution in [0.25, 0.3) is 88.6 Å². The molecule has 0 radical (unpaired) electrons. The normalized spacial score (nSPS) is 11.6. The second-order valence-electron chi connectivity index (χ2n) is 12.8. The molecule has 3 aromatic heterocycles. The fourth-order valence-corrected chi connectivity index (χ4v) is 7.57. The number of para-hydroxylation sites is 2. The predicted molar refractivity (Wildman–Crippen MR) is 209 cm³/mol. The summed E-state index contributed by atoms with van der Waals surface area (Å²) >= 11 is 0. The van der Waals surface area contributed by atoms with E-state index in [-0.39, 0.29) is 0 Å². The Bertz CT molecular complexity index is 2840. The van der Waals surface area contributed by atoms with E-state index in [2.05, 4.69) is 197 Å². The Hall–Kier alpha value is -6.71. The van der Waals surface area contributed by atoms with Gasteiger partial charge in [-0.05, 0) is 82.9 Å². The third kappa shape index (κ3) is 4.56. The Kier molecular flexibility index (Phi) is 6.49. The van der Waals surface area contributed by atoms with Crippen molar-refractivity contribution in [1.82, 2.24) is 14.1 Å². The van der Waals surface area contributed by atoms with Crippen molar-refractivity contribution >= 4 is 43.7 Å². The number of fused-ring (bicyclic) bond motifs is 6. The van der Waals surface area contributed by atoms with Crippen molar-refractivity contribution in [3.8, 4) is 44.9 Å². The summed E-state index contributed by atoms with van der Waals surface area (Å²) in [7, 11) is 0. The maximum atomic E-state index is 5.35. The molecular formula is C47H31N3. The van der Waals surface area contributed by atoms with E-state index in [0.717, 1.165) is 44.6 Å². The maximum Gasteiger partial charge on any atom is 0.0970 e. The highest BCUT2D eigenvalue weighted by atomic mass is 15.0. The highest BCUT2D eigenvalue weighted by Gasteiger charge is 2.17. The Morgan fingerprint density at radius 1 is 0.300 bits per heavy atom. The molecule has 234 valence electrons. The monoisotopic (exact) mass is 637 g/mol. The van der Waals surface area contributed by atoms with Crippen LogP contribution in [0.15, 0.2) is 188 Å². The first-order chi connectivity index (χ1) is 24.8. The lowest BCUT2D eigenvalue weighted by atomic mass is 10.0. The van der Waals surface area contributed by atoms with Gasteiger partial charge in [0.15, 0.2) is 0 Å². The Balaban J connectivity index is 1.10. The fourth-order valence-electron chi connectivity index (χ4n) is 7.57. The molecule has 0 saturated carbocycles. The molecule has 3 nitrogen and oxygen atoms in total. The van der Waals surface area contributed by atoms with Crippen LogP contribution < -0.4 is 0 Å². The van der Waals surface area contributed by atoms with E-state index in [1.807, 2.05) is 0 Å². The van der Waals surface area contributed by atoms with Gasteiger partial charge in [-0.1, -0.05) is 127 Å². The van der Waals surface area contributed by atoms with Crippen LogP contribution in [0.4, 0.5) is 0 Å². The minimum absolute atomic E-state index is 0.963. The van der Waals surface area contributed by atoms with Gasteiger partial charge in [0.25, 0.3) is 0 Å². The molecule has 0 amide bonds. The summed E-state index contributed by atoms with van der Waals surface area (Å²) < 4.78 is 4.71. The molecule has 50 heavy (non-hydrogen) atoms. The smallest absolute Gasteiger partial charge is 0.0970 e. The summed E-state index contributed by atoms with van der Waals surface area (Å²) in [5.74, 6) is 0. The number of hydrogen-bond donors (Lipinski definition) is 0. The van der Waals surface area contributed by atoms with Crippen molar-refractivity contribution in [3.63, 3.8) is 0 Å². The largest absolute Gasteiger partial charge is 0.309 e. The molecule has 10 rings (SSSR count). The predicted octanol–water partition coefficient (Wildman–Crippen LogP) is 12.3. The van der Waals surface area contributed by atoms with Crippen LogP contribution >= 0.6 is 0 Å². The summed E-state index contributed by atoms with van der Waals surface area (Å²) in [6.07, 6.45) is 0. The number of pyridine rings is 1. The molecule has 0 aliphatic rings. The van der Waals surface area contributed by atoms with Crippen LogP contribution in [0.1, 0.15) is 0 Å². The second kappa shape index (κ2) is 11.5. The van der Waals surface area contributed by atoms with Crippen molar-refractivity contribution in [3.05, 3.63) is 188 Å². The standard InChI is InChI=1S/C47H31N3/c1-3-12-32(13-4-1)34-22-25-37(26-23-34)49-44-21-10-8-19-40(44)47-46(49)29-27-42(48-47)36-24-28-45-41(31-36)39-18-7-9-20-43(39)50(45)38-17-11-16-35(30-38)33-14-5-2-6-15-33/h1-31H. The Morgan fingerprint density at radius 3 is 1.60 bits per heavy atom. The highest BCUT2D eigenvalue weighted by molar-refractivity contribution is 6.11. The van der Waals surface area contributed by atoms with Crippen molar-refractivity contribution < 1.29 is 0 Å². The average Bonchev–Trinajstić information content (AvgIpc) is 3.71.